The minimum absolute atomic E-state index is 0.0968. The van der Waals surface area contributed by atoms with Gasteiger partial charge in [-0.2, -0.15) is 5.10 Å². The van der Waals surface area contributed by atoms with Crippen LogP contribution >= 0.6 is 0 Å². The summed E-state index contributed by atoms with van der Waals surface area (Å²) in [6.45, 7) is 4.50. The molecule has 1 N–H and O–H groups in total. The first-order chi connectivity index (χ1) is 11.4. The van der Waals surface area contributed by atoms with Crippen LogP contribution in [0, 0.1) is 13.8 Å². The van der Waals surface area contributed by atoms with Crippen molar-refractivity contribution in [3.05, 3.63) is 58.9 Å². The monoisotopic (exact) mass is 326 g/mol. The van der Waals surface area contributed by atoms with Crippen LogP contribution in [0.1, 0.15) is 28.6 Å². The fourth-order valence-electron chi connectivity index (χ4n) is 2.72. The van der Waals surface area contributed by atoms with Gasteiger partial charge < -0.3 is 10.2 Å². The molecule has 0 saturated heterocycles. The van der Waals surface area contributed by atoms with Gasteiger partial charge in [-0.1, -0.05) is 30.3 Å². The summed E-state index contributed by atoms with van der Waals surface area (Å²) in [4.78, 5) is 14.3. The molecule has 1 aromatic carbocycles. The zero-order valence-corrected chi connectivity index (χ0v) is 15.1. The number of amides is 1. The van der Waals surface area contributed by atoms with Crippen LogP contribution in [0.2, 0.25) is 0 Å². The average molecular weight is 326 g/mol. The summed E-state index contributed by atoms with van der Waals surface area (Å²) >= 11 is 0. The Morgan fingerprint density at radius 1 is 1.29 bits per heavy atom. The van der Waals surface area contributed by atoms with Crippen LogP contribution in [0.25, 0.3) is 6.08 Å². The predicted molar refractivity (Wildman–Crippen MR) is 97.6 cm³/mol. The maximum Gasteiger partial charge on any atom is 0.244 e. The lowest BCUT2D eigenvalue weighted by molar-refractivity contribution is -0.116. The first-order valence-electron chi connectivity index (χ1n) is 8.07. The lowest BCUT2D eigenvalue weighted by atomic mass is 10.1. The Hall–Kier alpha value is -2.40. The molecule has 0 saturated carbocycles. The van der Waals surface area contributed by atoms with Crippen LogP contribution in [0.3, 0.4) is 0 Å². The van der Waals surface area contributed by atoms with Crippen molar-refractivity contribution in [1.29, 1.82) is 0 Å². The lowest BCUT2D eigenvalue weighted by Crippen LogP contribution is -2.33. The van der Waals surface area contributed by atoms with E-state index in [1.165, 1.54) is 5.56 Å². The van der Waals surface area contributed by atoms with Gasteiger partial charge in [0.25, 0.3) is 0 Å². The second-order valence-electron chi connectivity index (χ2n) is 6.18. The lowest BCUT2D eigenvalue weighted by Gasteiger charge is -2.24. The number of hydrogen-bond acceptors (Lipinski definition) is 3. The Labute approximate surface area is 144 Å². The van der Waals surface area contributed by atoms with Crippen LogP contribution in [-0.4, -0.2) is 41.2 Å². The van der Waals surface area contributed by atoms with Crippen LogP contribution in [0.4, 0.5) is 0 Å². The Kier molecular flexibility index (Phi) is 5.93. The van der Waals surface area contributed by atoms with Crippen LogP contribution in [0.5, 0.6) is 0 Å². The van der Waals surface area contributed by atoms with Crippen molar-refractivity contribution >= 4 is 12.0 Å². The molecule has 0 fully saturated rings. The molecule has 128 valence electrons. The van der Waals surface area contributed by atoms with E-state index in [9.17, 15) is 4.79 Å². The molecule has 5 nitrogen and oxygen atoms in total. The summed E-state index contributed by atoms with van der Waals surface area (Å²) in [5.74, 6) is -0.0968. The number of nitrogens with zero attached hydrogens (tertiary/aromatic N) is 3. The third kappa shape index (κ3) is 4.32. The first kappa shape index (κ1) is 17.9. The van der Waals surface area contributed by atoms with E-state index in [4.69, 9.17) is 0 Å². The van der Waals surface area contributed by atoms with Gasteiger partial charge in [0.2, 0.25) is 5.91 Å². The molecule has 1 atom stereocenters. The summed E-state index contributed by atoms with van der Waals surface area (Å²) in [5, 5.41) is 7.34. The Bertz CT molecular complexity index is 716. The minimum Gasteiger partial charge on any atom is -0.351 e. The number of aromatic nitrogens is 2. The summed E-state index contributed by atoms with van der Waals surface area (Å²) in [7, 11) is 5.94. The molecule has 0 spiro atoms. The van der Waals surface area contributed by atoms with Crippen LogP contribution < -0.4 is 5.32 Å². The van der Waals surface area contributed by atoms with Crippen molar-refractivity contribution in [2.75, 3.05) is 20.6 Å². The third-order valence-electron chi connectivity index (χ3n) is 4.24. The third-order valence-corrected chi connectivity index (χ3v) is 4.24. The van der Waals surface area contributed by atoms with E-state index in [2.05, 4.69) is 27.4 Å². The van der Waals surface area contributed by atoms with Crippen molar-refractivity contribution in [1.82, 2.24) is 20.0 Å². The zero-order chi connectivity index (χ0) is 17.7. The number of carbonyl (C=O) groups is 1. The first-order valence-corrected chi connectivity index (χ1v) is 8.07. The van der Waals surface area contributed by atoms with Gasteiger partial charge in [0.1, 0.15) is 0 Å². The van der Waals surface area contributed by atoms with E-state index in [1.54, 1.807) is 6.08 Å². The predicted octanol–water partition coefficient (Wildman–Crippen LogP) is 2.47. The van der Waals surface area contributed by atoms with E-state index in [-0.39, 0.29) is 11.9 Å². The van der Waals surface area contributed by atoms with Crippen molar-refractivity contribution in [2.24, 2.45) is 7.05 Å². The molecule has 2 rings (SSSR count). The highest BCUT2D eigenvalue weighted by Gasteiger charge is 2.14. The van der Waals surface area contributed by atoms with Gasteiger partial charge in [-0.05, 0) is 39.6 Å². The second kappa shape index (κ2) is 7.93. The quantitative estimate of drug-likeness (QED) is 0.830. The highest BCUT2D eigenvalue weighted by Crippen LogP contribution is 2.17. The van der Waals surface area contributed by atoms with Gasteiger partial charge in [0.15, 0.2) is 0 Å². The molecule has 0 aliphatic carbocycles. The molecule has 0 radical (unpaired) electrons. The molecule has 0 aliphatic rings. The fraction of sp³-hybridized carbons (Fsp3) is 0.368. The molecule has 0 bridgehead atoms. The van der Waals surface area contributed by atoms with Crippen molar-refractivity contribution in [3.63, 3.8) is 0 Å². The molecule has 5 heteroatoms. The summed E-state index contributed by atoms with van der Waals surface area (Å²) in [6.07, 6.45) is 3.41. The van der Waals surface area contributed by atoms with Crippen LogP contribution in [-0.2, 0) is 11.8 Å². The molecule has 1 aromatic heterocycles. The standard InChI is InChI=1S/C19H26N4O/c1-14-17(15(2)23(5)21-14)11-12-19(24)20-13-18(22(3)4)16-9-7-6-8-10-16/h6-12,18H,13H2,1-5H3,(H,20,24)/b12-11+/t18-/m1/s1. The molecular formula is C19H26N4O. The van der Waals surface area contributed by atoms with E-state index < -0.39 is 0 Å². The number of likely N-dealkylation sites (N-methyl/N-ethyl adjacent to an activating group) is 1. The van der Waals surface area contributed by atoms with Crippen molar-refractivity contribution in [3.8, 4) is 0 Å². The summed E-state index contributed by atoms with van der Waals surface area (Å²) in [6, 6.07) is 10.3. The summed E-state index contributed by atoms with van der Waals surface area (Å²) < 4.78 is 1.82. The molecule has 24 heavy (non-hydrogen) atoms. The van der Waals surface area contributed by atoms with E-state index in [1.807, 2.05) is 63.9 Å². The van der Waals surface area contributed by atoms with E-state index in [0.29, 0.717) is 6.54 Å². The van der Waals surface area contributed by atoms with Gasteiger partial charge in [-0.15, -0.1) is 0 Å². The maximum atomic E-state index is 12.2. The van der Waals surface area contributed by atoms with Crippen LogP contribution in [0.15, 0.2) is 36.4 Å². The fourth-order valence-corrected chi connectivity index (χ4v) is 2.72. The molecule has 0 aliphatic heterocycles. The minimum atomic E-state index is -0.0968. The number of carbonyl (C=O) groups excluding carboxylic acids is 1. The second-order valence-corrected chi connectivity index (χ2v) is 6.18. The van der Waals surface area contributed by atoms with Gasteiger partial charge >= 0.3 is 0 Å². The molecular weight excluding hydrogens is 300 g/mol. The zero-order valence-electron chi connectivity index (χ0n) is 15.1. The Morgan fingerprint density at radius 3 is 2.50 bits per heavy atom. The van der Waals surface area contributed by atoms with Gasteiger partial charge in [0, 0.05) is 30.9 Å². The number of hydrogen-bond donors (Lipinski definition) is 1. The maximum absolute atomic E-state index is 12.2. The number of nitrogens with one attached hydrogen (secondary N) is 1. The van der Waals surface area contributed by atoms with Crippen molar-refractivity contribution in [2.45, 2.75) is 19.9 Å². The SMILES string of the molecule is Cc1nn(C)c(C)c1/C=C/C(=O)NC[C@H](c1ccccc1)N(C)C. The normalized spacial score (nSPS) is 12.8. The Morgan fingerprint density at radius 2 is 1.96 bits per heavy atom. The largest absolute Gasteiger partial charge is 0.351 e. The topological polar surface area (TPSA) is 50.2 Å². The van der Waals surface area contributed by atoms with Gasteiger partial charge in [-0.3, -0.25) is 9.48 Å². The summed E-state index contributed by atoms with van der Waals surface area (Å²) in [5.41, 5.74) is 4.16. The molecule has 0 unspecified atom stereocenters. The number of rotatable bonds is 6. The number of aryl methyl sites for hydroxylation is 2. The van der Waals surface area contributed by atoms with Gasteiger partial charge in [-0.25, -0.2) is 0 Å². The molecule has 1 heterocycles. The van der Waals surface area contributed by atoms with E-state index >= 15 is 0 Å². The average Bonchev–Trinajstić information content (AvgIpc) is 2.79. The highest BCUT2D eigenvalue weighted by atomic mass is 16.1. The molecule has 2 aromatic rings. The highest BCUT2D eigenvalue weighted by molar-refractivity contribution is 5.92. The molecule has 1 amide bonds. The van der Waals surface area contributed by atoms with E-state index in [0.717, 1.165) is 17.0 Å². The Balaban J connectivity index is 2.00. The number of benzene rings is 1. The smallest absolute Gasteiger partial charge is 0.244 e. The van der Waals surface area contributed by atoms with Crippen molar-refractivity contribution < 1.29 is 4.79 Å². The van der Waals surface area contributed by atoms with Gasteiger partial charge in [0.05, 0.1) is 11.7 Å².